The largest absolute Gasteiger partial charge is 0.316 e. The number of aromatic nitrogens is 2. The van der Waals surface area contributed by atoms with E-state index in [2.05, 4.69) is 10.4 Å². The fraction of sp³-hybridized carbons (Fsp3) is 0.600. The lowest BCUT2D eigenvalue weighted by Gasteiger charge is -2.05. The zero-order chi connectivity index (χ0) is 9.54. The molecule has 82 valence electrons. The Hall–Kier alpha value is -0.870. The zero-order valence-electron chi connectivity index (χ0n) is 8.30. The molecule has 0 amide bonds. The molecule has 15 heavy (non-hydrogen) atoms. The van der Waals surface area contributed by atoms with Crippen LogP contribution in [0, 0.1) is 17.8 Å². The summed E-state index contributed by atoms with van der Waals surface area (Å²) in [4.78, 5) is 11.4. The third-order valence-corrected chi connectivity index (χ3v) is 3.44. The van der Waals surface area contributed by atoms with Crippen LogP contribution in [-0.2, 0) is 6.54 Å². The molecule has 2 unspecified atom stereocenters. The quantitative estimate of drug-likeness (QED) is 0.782. The minimum absolute atomic E-state index is 0. The molecule has 1 aliphatic carbocycles. The fourth-order valence-electron chi connectivity index (χ4n) is 2.54. The van der Waals surface area contributed by atoms with Gasteiger partial charge in [0.15, 0.2) is 0 Å². The van der Waals surface area contributed by atoms with Crippen LogP contribution in [-0.4, -0.2) is 22.9 Å². The smallest absolute Gasteiger partial charge is 0.266 e. The van der Waals surface area contributed by atoms with E-state index in [4.69, 9.17) is 0 Å². The van der Waals surface area contributed by atoms with Crippen LogP contribution in [0.4, 0.5) is 0 Å². The maximum Gasteiger partial charge on any atom is 0.266 e. The van der Waals surface area contributed by atoms with Crippen molar-refractivity contribution in [3.05, 3.63) is 28.7 Å². The van der Waals surface area contributed by atoms with Gasteiger partial charge in [0, 0.05) is 18.8 Å². The third-order valence-electron chi connectivity index (χ3n) is 3.44. The molecule has 1 aromatic heterocycles. The van der Waals surface area contributed by atoms with Crippen LogP contribution < -0.4 is 10.9 Å². The second kappa shape index (κ2) is 3.94. The van der Waals surface area contributed by atoms with E-state index in [1.165, 1.54) is 0 Å². The van der Waals surface area contributed by atoms with E-state index < -0.39 is 0 Å². The number of hydrogen-bond acceptors (Lipinski definition) is 3. The van der Waals surface area contributed by atoms with Crippen molar-refractivity contribution in [2.24, 2.45) is 17.8 Å². The van der Waals surface area contributed by atoms with Crippen LogP contribution in [0.3, 0.4) is 0 Å². The Labute approximate surface area is 94.1 Å². The van der Waals surface area contributed by atoms with Crippen molar-refractivity contribution in [2.45, 2.75) is 6.54 Å². The molecule has 2 heterocycles. The number of nitrogens with one attached hydrogen (secondary N) is 1. The summed E-state index contributed by atoms with van der Waals surface area (Å²) in [5.41, 5.74) is 0.0189. The Kier molecular flexibility index (Phi) is 2.80. The van der Waals surface area contributed by atoms with Crippen molar-refractivity contribution in [1.29, 1.82) is 0 Å². The first-order valence-corrected chi connectivity index (χ1v) is 5.09. The molecule has 2 fully saturated rings. The van der Waals surface area contributed by atoms with Gasteiger partial charge in [-0.1, -0.05) is 0 Å². The first kappa shape index (κ1) is 10.6. The van der Waals surface area contributed by atoms with Crippen molar-refractivity contribution in [3.8, 4) is 0 Å². The maximum atomic E-state index is 11.4. The summed E-state index contributed by atoms with van der Waals surface area (Å²) in [5, 5.41) is 7.41. The van der Waals surface area contributed by atoms with E-state index in [1.54, 1.807) is 23.0 Å². The molecule has 1 aliphatic heterocycles. The van der Waals surface area contributed by atoms with Gasteiger partial charge in [-0.15, -0.1) is 12.4 Å². The van der Waals surface area contributed by atoms with Gasteiger partial charge in [0.2, 0.25) is 0 Å². The zero-order valence-corrected chi connectivity index (χ0v) is 9.11. The topological polar surface area (TPSA) is 46.9 Å². The highest BCUT2D eigenvalue weighted by Crippen LogP contribution is 2.49. The fourth-order valence-corrected chi connectivity index (χ4v) is 2.54. The number of nitrogens with zero attached hydrogens (tertiary/aromatic N) is 2. The number of rotatable bonds is 2. The van der Waals surface area contributed by atoms with Gasteiger partial charge < -0.3 is 5.32 Å². The maximum absolute atomic E-state index is 11.4. The van der Waals surface area contributed by atoms with E-state index in [0.29, 0.717) is 5.92 Å². The molecule has 4 nitrogen and oxygen atoms in total. The van der Waals surface area contributed by atoms with Crippen LogP contribution in [0.1, 0.15) is 0 Å². The molecule has 2 atom stereocenters. The first-order chi connectivity index (χ1) is 6.86. The third kappa shape index (κ3) is 1.79. The molecule has 0 bridgehead atoms. The van der Waals surface area contributed by atoms with Crippen molar-refractivity contribution in [1.82, 2.24) is 15.1 Å². The minimum atomic E-state index is 0. The van der Waals surface area contributed by atoms with Gasteiger partial charge in [0.05, 0.1) is 0 Å². The van der Waals surface area contributed by atoms with Crippen molar-refractivity contribution >= 4 is 12.4 Å². The van der Waals surface area contributed by atoms with Crippen LogP contribution >= 0.6 is 12.4 Å². The lowest BCUT2D eigenvalue weighted by Crippen LogP contribution is -2.25. The summed E-state index contributed by atoms with van der Waals surface area (Å²) in [6.07, 6.45) is 1.68. The van der Waals surface area contributed by atoms with E-state index >= 15 is 0 Å². The normalized spacial score (nSPS) is 31.9. The number of halogens is 1. The highest BCUT2D eigenvalue weighted by Gasteiger charge is 2.52. The first-order valence-electron chi connectivity index (χ1n) is 5.09. The van der Waals surface area contributed by atoms with Crippen molar-refractivity contribution in [3.63, 3.8) is 0 Å². The number of piperidine rings is 1. The van der Waals surface area contributed by atoms with Gasteiger partial charge in [-0.3, -0.25) is 4.79 Å². The predicted molar refractivity (Wildman–Crippen MR) is 59.1 cm³/mol. The molecular weight excluding hydrogens is 214 g/mol. The van der Waals surface area contributed by atoms with Gasteiger partial charge in [0.25, 0.3) is 5.56 Å². The molecule has 3 rings (SSSR count). The molecule has 0 radical (unpaired) electrons. The summed E-state index contributed by atoms with van der Waals surface area (Å²) >= 11 is 0. The Morgan fingerprint density at radius 2 is 2.20 bits per heavy atom. The lowest BCUT2D eigenvalue weighted by molar-refractivity contribution is 0.467. The van der Waals surface area contributed by atoms with E-state index in [0.717, 1.165) is 31.5 Å². The van der Waals surface area contributed by atoms with E-state index in [9.17, 15) is 4.79 Å². The monoisotopic (exact) mass is 227 g/mol. The summed E-state index contributed by atoms with van der Waals surface area (Å²) in [6, 6.07) is 3.26. The second-order valence-electron chi connectivity index (χ2n) is 4.19. The summed E-state index contributed by atoms with van der Waals surface area (Å²) in [6.45, 7) is 3.05. The van der Waals surface area contributed by atoms with Crippen LogP contribution in [0.15, 0.2) is 23.1 Å². The molecule has 1 saturated carbocycles. The van der Waals surface area contributed by atoms with Gasteiger partial charge in [-0.25, -0.2) is 4.68 Å². The predicted octanol–water partition coefficient (Wildman–Crippen LogP) is 0.130. The van der Waals surface area contributed by atoms with Gasteiger partial charge in [-0.05, 0) is 36.9 Å². The molecule has 0 aromatic carbocycles. The lowest BCUT2D eigenvalue weighted by atomic mass is 10.3. The molecule has 1 saturated heterocycles. The average molecular weight is 228 g/mol. The Morgan fingerprint density at radius 1 is 1.47 bits per heavy atom. The average Bonchev–Trinajstić information content (AvgIpc) is 2.64. The summed E-state index contributed by atoms with van der Waals surface area (Å²) in [7, 11) is 0. The second-order valence-corrected chi connectivity index (χ2v) is 4.19. The van der Waals surface area contributed by atoms with Crippen LogP contribution in [0.5, 0.6) is 0 Å². The van der Waals surface area contributed by atoms with Gasteiger partial charge in [-0.2, -0.15) is 5.10 Å². The van der Waals surface area contributed by atoms with Crippen LogP contribution in [0.25, 0.3) is 0 Å². The minimum Gasteiger partial charge on any atom is -0.316 e. The highest BCUT2D eigenvalue weighted by atomic mass is 35.5. The van der Waals surface area contributed by atoms with Crippen molar-refractivity contribution < 1.29 is 0 Å². The summed E-state index contributed by atoms with van der Waals surface area (Å²) < 4.78 is 1.59. The molecule has 2 aliphatic rings. The molecule has 0 spiro atoms. The summed E-state index contributed by atoms with van der Waals surface area (Å²) in [5.74, 6) is 2.27. The Bertz CT molecular complexity index is 396. The highest BCUT2D eigenvalue weighted by molar-refractivity contribution is 5.85. The molecule has 1 aromatic rings. The van der Waals surface area contributed by atoms with Crippen molar-refractivity contribution in [2.75, 3.05) is 13.1 Å². The molecular formula is C10H14ClN3O. The molecule has 5 heteroatoms. The Balaban J connectivity index is 0.000000853. The number of hydrogen-bond donors (Lipinski definition) is 1. The standard InChI is InChI=1S/C10H13N3O.ClH/c14-10-2-1-3-12-13(10)6-9-7-4-11-5-8(7)9;/h1-3,7-9,11H,4-6H2;1H. The number of fused-ring (bicyclic) bond motifs is 1. The van der Waals surface area contributed by atoms with Crippen LogP contribution in [0.2, 0.25) is 0 Å². The SMILES string of the molecule is Cl.O=c1cccnn1CC1C2CNCC21. The van der Waals surface area contributed by atoms with Gasteiger partial charge >= 0.3 is 0 Å². The van der Waals surface area contributed by atoms with Gasteiger partial charge in [0.1, 0.15) is 0 Å². The molecule has 1 N–H and O–H groups in total. The van der Waals surface area contributed by atoms with E-state index in [-0.39, 0.29) is 18.0 Å². The van der Waals surface area contributed by atoms with E-state index in [1.807, 2.05) is 0 Å². The Morgan fingerprint density at radius 3 is 2.87 bits per heavy atom.